The predicted octanol–water partition coefficient (Wildman–Crippen LogP) is 1.26. The standard InChI is InChI=1S/C18H25N3O4/c1-13(2)12-25-11-5-9-19-16(22)8-10-21-18(24)15-7-4-3-6-14(15)17(23)20-21/h3-4,6-7,13H,5,8-12H2,1-2H3,(H,19,22)(H,20,23). The molecule has 2 N–H and O–H groups in total. The third-order valence-electron chi connectivity index (χ3n) is 3.69. The molecule has 0 aliphatic carbocycles. The second kappa shape index (κ2) is 9.17. The van der Waals surface area contributed by atoms with Crippen molar-refractivity contribution in [3.05, 3.63) is 45.0 Å². The monoisotopic (exact) mass is 347 g/mol. The van der Waals surface area contributed by atoms with Crippen LogP contribution in [-0.2, 0) is 16.1 Å². The third kappa shape index (κ3) is 5.56. The lowest BCUT2D eigenvalue weighted by Crippen LogP contribution is -2.32. The Morgan fingerprint density at radius 1 is 1.24 bits per heavy atom. The van der Waals surface area contributed by atoms with E-state index in [9.17, 15) is 14.4 Å². The summed E-state index contributed by atoms with van der Waals surface area (Å²) < 4.78 is 6.63. The molecule has 2 aromatic rings. The normalized spacial score (nSPS) is 11.2. The first kappa shape index (κ1) is 18.9. The molecule has 1 aromatic heterocycles. The lowest BCUT2D eigenvalue weighted by Gasteiger charge is -2.09. The molecule has 0 atom stereocenters. The van der Waals surface area contributed by atoms with E-state index in [-0.39, 0.29) is 30.0 Å². The van der Waals surface area contributed by atoms with Gasteiger partial charge in [0.05, 0.1) is 17.3 Å². The van der Waals surface area contributed by atoms with E-state index in [4.69, 9.17) is 4.74 Å². The van der Waals surface area contributed by atoms with Crippen LogP contribution in [0.4, 0.5) is 0 Å². The number of fused-ring (bicyclic) bond motifs is 1. The first-order valence-electron chi connectivity index (χ1n) is 8.55. The Kier molecular flexibility index (Phi) is 6.94. The van der Waals surface area contributed by atoms with Crippen LogP contribution >= 0.6 is 0 Å². The van der Waals surface area contributed by atoms with E-state index in [1.165, 1.54) is 4.68 Å². The van der Waals surface area contributed by atoms with E-state index in [0.29, 0.717) is 36.4 Å². The molecule has 7 heteroatoms. The molecule has 0 radical (unpaired) electrons. The van der Waals surface area contributed by atoms with E-state index in [0.717, 1.165) is 6.42 Å². The fourth-order valence-electron chi connectivity index (χ4n) is 2.43. The third-order valence-corrected chi connectivity index (χ3v) is 3.69. The average Bonchev–Trinajstić information content (AvgIpc) is 2.59. The minimum absolute atomic E-state index is 0.126. The highest BCUT2D eigenvalue weighted by atomic mass is 16.5. The summed E-state index contributed by atoms with van der Waals surface area (Å²) in [4.78, 5) is 36.2. The number of ether oxygens (including phenoxy) is 1. The molecule has 0 saturated carbocycles. The van der Waals surface area contributed by atoms with Crippen molar-refractivity contribution < 1.29 is 9.53 Å². The van der Waals surface area contributed by atoms with Crippen molar-refractivity contribution in [2.45, 2.75) is 33.2 Å². The lowest BCUT2D eigenvalue weighted by atomic mass is 10.2. The molecule has 0 aliphatic heterocycles. The quantitative estimate of drug-likeness (QED) is 0.668. The van der Waals surface area contributed by atoms with Crippen molar-refractivity contribution in [3.8, 4) is 0 Å². The van der Waals surface area contributed by atoms with Gasteiger partial charge in [-0.05, 0) is 24.5 Å². The van der Waals surface area contributed by atoms with Crippen LogP contribution in [0.5, 0.6) is 0 Å². The highest BCUT2D eigenvalue weighted by Gasteiger charge is 2.08. The zero-order valence-corrected chi connectivity index (χ0v) is 14.7. The maximum absolute atomic E-state index is 12.3. The second-order valence-corrected chi connectivity index (χ2v) is 6.37. The van der Waals surface area contributed by atoms with Gasteiger partial charge < -0.3 is 10.1 Å². The largest absolute Gasteiger partial charge is 0.381 e. The number of rotatable bonds is 9. The zero-order valence-electron chi connectivity index (χ0n) is 14.7. The van der Waals surface area contributed by atoms with E-state index >= 15 is 0 Å². The van der Waals surface area contributed by atoms with Crippen LogP contribution in [0.1, 0.15) is 26.7 Å². The fraction of sp³-hybridized carbons (Fsp3) is 0.500. The molecule has 1 heterocycles. The van der Waals surface area contributed by atoms with Crippen molar-refractivity contribution in [2.75, 3.05) is 19.8 Å². The van der Waals surface area contributed by atoms with Gasteiger partial charge in [-0.15, -0.1) is 0 Å². The minimum Gasteiger partial charge on any atom is -0.381 e. The number of hydrogen-bond donors (Lipinski definition) is 2. The summed E-state index contributed by atoms with van der Waals surface area (Å²) in [6, 6.07) is 6.63. The van der Waals surface area contributed by atoms with Crippen molar-refractivity contribution in [3.63, 3.8) is 0 Å². The van der Waals surface area contributed by atoms with E-state index < -0.39 is 0 Å². The number of aromatic amines is 1. The lowest BCUT2D eigenvalue weighted by molar-refractivity contribution is -0.121. The number of benzene rings is 1. The van der Waals surface area contributed by atoms with Gasteiger partial charge in [0.25, 0.3) is 11.1 Å². The SMILES string of the molecule is CC(C)COCCCNC(=O)CCn1[nH]c(=O)c2ccccc2c1=O. The summed E-state index contributed by atoms with van der Waals surface area (Å²) >= 11 is 0. The van der Waals surface area contributed by atoms with E-state index in [2.05, 4.69) is 24.3 Å². The summed E-state index contributed by atoms with van der Waals surface area (Å²) in [5.74, 6) is 0.335. The molecule has 7 nitrogen and oxygen atoms in total. The molecular formula is C18H25N3O4. The minimum atomic E-state index is -0.335. The summed E-state index contributed by atoms with van der Waals surface area (Å²) in [5, 5.41) is 6.01. The number of hydrogen-bond acceptors (Lipinski definition) is 4. The molecule has 0 spiro atoms. The molecule has 1 aromatic carbocycles. The van der Waals surface area contributed by atoms with Crippen LogP contribution in [0.3, 0.4) is 0 Å². The van der Waals surface area contributed by atoms with Crippen molar-refractivity contribution in [2.24, 2.45) is 5.92 Å². The molecule has 25 heavy (non-hydrogen) atoms. The number of carbonyl (C=O) groups is 1. The van der Waals surface area contributed by atoms with Gasteiger partial charge in [-0.3, -0.25) is 19.5 Å². The molecule has 136 valence electrons. The summed E-state index contributed by atoms with van der Waals surface area (Å²) in [6.45, 7) is 6.15. The number of nitrogens with one attached hydrogen (secondary N) is 2. The van der Waals surface area contributed by atoms with Crippen LogP contribution in [0.25, 0.3) is 10.8 Å². The van der Waals surface area contributed by atoms with Crippen molar-refractivity contribution in [1.29, 1.82) is 0 Å². The highest BCUT2D eigenvalue weighted by molar-refractivity contribution is 5.80. The Balaban J connectivity index is 1.82. The number of carbonyl (C=O) groups excluding carboxylic acids is 1. The maximum Gasteiger partial charge on any atom is 0.273 e. The van der Waals surface area contributed by atoms with Gasteiger partial charge in [-0.1, -0.05) is 26.0 Å². The molecular weight excluding hydrogens is 322 g/mol. The van der Waals surface area contributed by atoms with Gasteiger partial charge in [0.2, 0.25) is 5.91 Å². The number of H-pyrrole nitrogens is 1. The van der Waals surface area contributed by atoms with Crippen LogP contribution in [0.2, 0.25) is 0 Å². The van der Waals surface area contributed by atoms with Gasteiger partial charge in [-0.25, -0.2) is 4.68 Å². The highest BCUT2D eigenvalue weighted by Crippen LogP contribution is 2.02. The van der Waals surface area contributed by atoms with Crippen LogP contribution < -0.4 is 16.4 Å². The predicted molar refractivity (Wildman–Crippen MR) is 96.7 cm³/mol. The van der Waals surface area contributed by atoms with Crippen LogP contribution in [0.15, 0.2) is 33.9 Å². The summed E-state index contributed by atoms with van der Waals surface area (Å²) in [7, 11) is 0. The first-order chi connectivity index (χ1) is 12.0. The summed E-state index contributed by atoms with van der Waals surface area (Å²) in [6.07, 6.45) is 0.867. The summed E-state index contributed by atoms with van der Waals surface area (Å²) in [5.41, 5.74) is -0.636. The van der Waals surface area contributed by atoms with Gasteiger partial charge in [0.15, 0.2) is 0 Å². The Hall–Kier alpha value is -2.41. The molecule has 0 fully saturated rings. The van der Waals surface area contributed by atoms with Crippen molar-refractivity contribution >= 4 is 16.7 Å². The average molecular weight is 347 g/mol. The van der Waals surface area contributed by atoms with E-state index in [1.807, 2.05) is 0 Å². The number of amides is 1. The molecule has 2 rings (SSSR count). The van der Waals surface area contributed by atoms with Gasteiger partial charge >= 0.3 is 0 Å². The number of aryl methyl sites for hydroxylation is 1. The smallest absolute Gasteiger partial charge is 0.273 e. The van der Waals surface area contributed by atoms with E-state index in [1.54, 1.807) is 24.3 Å². The zero-order chi connectivity index (χ0) is 18.2. The first-order valence-corrected chi connectivity index (χ1v) is 8.55. The van der Waals surface area contributed by atoms with Crippen molar-refractivity contribution in [1.82, 2.24) is 15.1 Å². The Morgan fingerprint density at radius 3 is 2.68 bits per heavy atom. The molecule has 0 aliphatic rings. The Labute approximate surface area is 146 Å². The topological polar surface area (TPSA) is 93.2 Å². The molecule has 0 saturated heterocycles. The molecule has 1 amide bonds. The van der Waals surface area contributed by atoms with Crippen LogP contribution in [-0.4, -0.2) is 35.4 Å². The number of nitrogens with zero attached hydrogens (tertiary/aromatic N) is 1. The fourth-order valence-corrected chi connectivity index (χ4v) is 2.43. The van der Waals surface area contributed by atoms with Crippen LogP contribution in [0, 0.1) is 5.92 Å². The van der Waals surface area contributed by atoms with Gasteiger partial charge in [0, 0.05) is 26.2 Å². The van der Waals surface area contributed by atoms with Gasteiger partial charge in [-0.2, -0.15) is 0 Å². The maximum atomic E-state index is 12.3. The second-order valence-electron chi connectivity index (χ2n) is 6.37. The Morgan fingerprint density at radius 2 is 1.96 bits per heavy atom. The van der Waals surface area contributed by atoms with Gasteiger partial charge in [0.1, 0.15) is 0 Å². The molecule has 0 bridgehead atoms. The molecule has 0 unspecified atom stereocenters. The number of aromatic nitrogens is 2. The Bertz CT molecular complexity index is 823.